The smallest absolute Gasteiger partial charge is 0.338 e. The molecule has 3 nitrogen and oxygen atoms in total. The highest BCUT2D eigenvalue weighted by Gasteiger charge is 2.24. The van der Waals surface area contributed by atoms with Crippen molar-refractivity contribution in [2.45, 2.75) is 32.1 Å². The number of thioether (sulfide) groups is 1. The van der Waals surface area contributed by atoms with E-state index < -0.39 is 5.97 Å². The third-order valence-electron chi connectivity index (χ3n) is 3.95. The summed E-state index contributed by atoms with van der Waals surface area (Å²) in [6.45, 7) is 8.34. The fourth-order valence-electron chi connectivity index (χ4n) is 2.74. The van der Waals surface area contributed by atoms with Gasteiger partial charge in [0, 0.05) is 18.0 Å². The lowest BCUT2D eigenvalue weighted by Crippen LogP contribution is -2.32. The van der Waals surface area contributed by atoms with Crippen molar-refractivity contribution in [1.82, 2.24) is 0 Å². The minimum atomic E-state index is -0.847. The van der Waals surface area contributed by atoms with Crippen molar-refractivity contribution in [3.8, 4) is 0 Å². The monoisotopic (exact) mass is 305 g/mol. The molecule has 21 heavy (non-hydrogen) atoms. The molecule has 0 unspecified atom stereocenters. The van der Waals surface area contributed by atoms with Crippen molar-refractivity contribution in [2.75, 3.05) is 24.2 Å². The summed E-state index contributed by atoms with van der Waals surface area (Å²) >= 11 is 1.48. The van der Waals surface area contributed by atoms with Gasteiger partial charge >= 0.3 is 5.97 Å². The van der Waals surface area contributed by atoms with E-state index in [0.717, 1.165) is 30.1 Å². The molecule has 4 heteroatoms. The third kappa shape index (κ3) is 3.43. The highest BCUT2D eigenvalue weighted by molar-refractivity contribution is 7.98. The Kier molecular flexibility index (Phi) is 4.67. The number of aromatic carboxylic acids is 1. The Morgan fingerprint density at radius 1 is 1.33 bits per heavy atom. The lowest BCUT2D eigenvalue weighted by Gasteiger charge is -2.34. The van der Waals surface area contributed by atoms with Gasteiger partial charge in [0.2, 0.25) is 0 Å². The number of nitrogens with zero attached hydrogens (tertiary/aromatic N) is 1. The molecule has 2 rings (SSSR count). The highest BCUT2D eigenvalue weighted by Crippen LogP contribution is 2.34. The molecule has 0 fully saturated rings. The number of carboxylic acid groups (broad SMARTS) is 1. The third-order valence-corrected chi connectivity index (χ3v) is 4.73. The van der Waals surface area contributed by atoms with Gasteiger partial charge in [0.15, 0.2) is 0 Å². The van der Waals surface area contributed by atoms with E-state index in [2.05, 4.69) is 31.7 Å². The van der Waals surface area contributed by atoms with Crippen LogP contribution in [0.25, 0.3) is 0 Å². The van der Waals surface area contributed by atoms with Crippen LogP contribution in [0.1, 0.15) is 37.6 Å². The van der Waals surface area contributed by atoms with Crippen LogP contribution in [0.15, 0.2) is 34.7 Å². The number of carboxylic acids is 1. The van der Waals surface area contributed by atoms with Crippen LogP contribution in [0.4, 0.5) is 5.69 Å². The summed E-state index contributed by atoms with van der Waals surface area (Å²) in [5.74, 6) is -0.847. The van der Waals surface area contributed by atoms with E-state index in [0.29, 0.717) is 5.56 Å². The number of benzene rings is 1. The van der Waals surface area contributed by atoms with E-state index in [9.17, 15) is 9.90 Å². The summed E-state index contributed by atoms with van der Waals surface area (Å²) in [5.41, 5.74) is 2.91. The highest BCUT2D eigenvalue weighted by atomic mass is 32.2. The Labute approximate surface area is 131 Å². The predicted octanol–water partition coefficient (Wildman–Crippen LogP) is 4.29. The van der Waals surface area contributed by atoms with Gasteiger partial charge in [-0.15, -0.1) is 11.8 Å². The zero-order valence-corrected chi connectivity index (χ0v) is 14.0. The van der Waals surface area contributed by atoms with Gasteiger partial charge in [-0.2, -0.15) is 0 Å². The molecule has 1 N–H and O–H groups in total. The van der Waals surface area contributed by atoms with E-state index in [1.165, 1.54) is 17.3 Å². The van der Waals surface area contributed by atoms with Crippen LogP contribution in [0.2, 0.25) is 0 Å². The van der Waals surface area contributed by atoms with Gasteiger partial charge in [0.05, 0.1) is 11.3 Å². The molecule has 0 radical (unpaired) electrons. The molecule has 0 amide bonds. The summed E-state index contributed by atoms with van der Waals surface area (Å²) in [5, 5.41) is 9.53. The van der Waals surface area contributed by atoms with Crippen LogP contribution in [-0.2, 0) is 0 Å². The molecule has 0 spiro atoms. The molecular formula is C17H23NO2S. The SMILES string of the molecule is CSc1cccc(N2CC=C(C(C)(C)C)CC2)c1C(=O)O. The quantitative estimate of drug-likeness (QED) is 0.668. The summed E-state index contributed by atoms with van der Waals surface area (Å²) in [7, 11) is 0. The molecule has 1 heterocycles. The number of hydrogen-bond donors (Lipinski definition) is 1. The summed E-state index contributed by atoms with van der Waals surface area (Å²) < 4.78 is 0. The second-order valence-corrected chi connectivity index (χ2v) is 7.18. The van der Waals surface area contributed by atoms with E-state index in [1.54, 1.807) is 0 Å². The maximum absolute atomic E-state index is 11.6. The Hall–Kier alpha value is -1.42. The zero-order chi connectivity index (χ0) is 15.6. The van der Waals surface area contributed by atoms with Crippen LogP contribution in [0, 0.1) is 5.41 Å². The lowest BCUT2D eigenvalue weighted by molar-refractivity contribution is 0.0694. The van der Waals surface area contributed by atoms with E-state index in [-0.39, 0.29) is 5.41 Å². The molecule has 1 aliphatic rings. The Morgan fingerprint density at radius 3 is 2.52 bits per heavy atom. The molecule has 1 aromatic rings. The number of anilines is 1. The van der Waals surface area contributed by atoms with Crippen LogP contribution in [-0.4, -0.2) is 30.4 Å². The number of rotatable bonds is 3. The van der Waals surface area contributed by atoms with Crippen molar-refractivity contribution < 1.29 is 9.90 Å². The van der Waals surface area contributed by atoms with Gasteiger partial charge in [-0.25, -0.2) is 4.79 Å². The normalized spacial score (nSPS) is 15.8. The molecule has 0 aliphatic carbocycles. The summed E-state index contributed by atoms with van der Waals surface area (Å²) in [6, 6.07) is 5.73. The maximum atomic E-state index is 11.6. The average Bonchev–Trinajstić information content (AvgIpc) is 2.45. The first-order chi connectivity index (χ1) is 9.84. The maximum Gasteiger partial charge on any atom is 0.338 e. The zero-order valence-electron chi connectivity index (χ0n) is 13.1. The standard InChI is InChI=1S/C17H23NO2S/c1-17(2,3)12-8-10-18(11-9-12)13-6-5-7-14(21-4)15(13)16(19)20/h5-8H,9-11H2,1-4H3,(H,19,20). The minimum Gasteiger partial charge on any atom is -0.478 e. The van der Waals surface area contributed by atoms with Gasteiger partial charge in [-0.05, 0) is 30.2 Å². The average molecular weight is 305 g/mol. The van der Waals surface area contributed by atoms with Crippen molar-refractivity contribution >= 4 is 23.4 Å². The van der Waals surface area contributed by atoms with E-state index >= 15 is 0 Å². The van der Waals surface area contributed by atoms with Crippen molar-refractivity contribution in [3.63, 3.8) is 0 Å². The fourth-order valence-corrected chi connectivity index (χ4v) is 3.35. The molecular weight excluding hydrogens is 282 g/mol. The second kappa shape index (κ2) is 6.14. The molecule has 0 saturated heterocycles. The molecule has 0 atom stereocenters. The minimum absolute atomic E-state index is 0.197. The van der Waals surface area contributed by atoms with Gasteiger partial charge in [0.1, 0.15) is 0 Å². The van der Waals surface area contributed by atoms with Gasteiger partial charge in [-0.3, -0.25) is 0 Å². The Bertz CT molecular complexity index is 573. The lowest BCUT2D eigenvalue weighted by atomic mass is 9.83. The topological polar surface area (TPSA) is 40.5 Å². The van der Waals surface area contributed by atoms with Crippen LogP contribution < -0.4 is 4.90 Å². The first kappa shape index (κ1) is 16.0. The second-order valence-electron chi connectivity index (χ2n) is 6.33. The molecule has 1 aliphatic heterocycles. The Balaban J connectivity index is 2.33. The van der Waals surface area contributed by atoms with Crippen LogP contribution >= 0.6 is 11.8 Å². The molecule has 0 saturated carbocycles. The van der Waals surface area contributed by atoms with Crippen LogP contribution in [0.5, 0.6) is 0 Å². The number of hydrogen-bond acceptors (Lipinski definition) is 3. The van der Waals surface area contributed by atoms with E-state index in [4.69, 9.17) is 0 Å². The van der Waals surface area contributed by atoms with Crippen molar-refractivity contribution in [3.05, 3.63) is 35.4 Å². The summed E-state index contributed by atoms with van der Waals surface area (Å²) in [6.07, 6.45) is 5.16. The molecule has 114 valence electrons. The molecule has 1 aromatic carbocycles. The van der Waals surface area contributed by atoms with Gasteiger partial charge in [0.25, 0.3) is 0 Å². The molecule has 0 aromatic heterocycles. The van der Waals surface area contributed by atoms with Crippen molar-refractivity contribution in [1.29, 1.82) is 0 Å². The van der Waals surface area contributed by atoms with Gasteiger partial charge in [-0.1, -0.05) is 38.5 Å². The largest absolute Gasteiger partial charge is 0.478 e. The first-order valence-corrected chi connectivity index (χ1v) is 8.42. The van der Waals surface area contributed by atoms with Crippen molar-refractivity contribution in [2.24, 2.45) is 5.41 Å². The fraction of sp³-hybridized carbons (Fsp3) is 0.471. The van der Waals surface area contributed by atoms with E-state index in [1.807, 2.05) is 24.5 Å². The summed E-state index contributed by atoms with van der Waals surface area (Å²) in [4.78, 5) is 14.6. The number of carbonyl (C=O) groups is 1. The van der Waals surface area contributed by atoms with Crippen LogP contribution in [0.3, 0.4) is 0 Å². The molecule has 0 bridgehead atoms. The predicted molar refractivity (Wildman–Crippen MR) is 89.6 cm³/mol. The first-order valence-electron chi connectivity index (χ1n) is 7.19. The van der Waals surface area contributed by atoms with Gasteiger partial charge < -0.3 is 10.0 Å². The Morgan fingerprint density at radius 2 is 2.05 bits per heavy atom.